The highest BCUT2D eigenvalue weighted by Gasteiger charge is 2.23. The minimum absolute atomic E-state index is 0.0426. The van der Waals surface area contributed by atoms with Gasteiger partial charge in [0.15, 0.2) is 24.0 Å². The molecule has 0 saturated carbocycles. The van der Waals surface area contributed by atoms with Crippen LogP contribution >= 0.6 is 0 Å². The fourth-order valence-corrected chi connectivity index (χ4v) is 3.65. The van der Waals surface area contributed by atoms with Crippen LogP contribution in [0.4, 0.5) is 0 Å². The van der Waals surface area contributed by atoms with Crippen molar-refractivity contribution in [2.45, 2.75) is 65.8 Å². The molecule has 154 valence electrons. The van der Waals surface area contributed by atoms with Gasteiger partial charge < -0.3 is 14.2 Å². The molecule has 0 fully saturated rings. The lowest BCUT2D eigenvalue weighted by Crippen LogP contribution is -2.40. The van der Waals surface area contributed by atoms with Crippen molar-refractivity contribution in [1.29, 1.82) is 0 Å². The van der Waals surface area contributed by atoms with E-state index in [9.17, 15) is 0 Å². The Morgan fingerprint density at radius 1 is 0.741 bits per heavy atom. The topological polar surface area (TPSA) is 34.2 Å². The van der Waals surface area contributed by atoms with Crippen molar-refractivity contribution >= 4 is 0 Å². The first kappa shape index (κ1) is 22.0. The Labute approximate surface area is 165 Å². The molecule has 1 aliphatic rings. The average Bonchev–Trinajstić information content (AvgIpc) is 2.71. The highest BCUT2D eigenvalue weighted by molar-refractivity contribution is 5.39. The minimum Gasteiger partial charge on any atom is -0.471 e. The number of benzene rings is 1. The third-order valence-corrected chi connectivity index (χ3v) is 5.29. The summed E-state index contributed by atoms with van der Waals surface area (Å²) in [4.78, 5) is 4.72. The van der Waals surface area contributed by atoms with Crippen LogP contribution in [0.3, 0.4) is 0 Å². The molecular formula is C22H38N2O3. The molecule has 1 aliphatic heterocycles. The van der Waals surface area contributed by atoms with E-state index in [1.807, 2.05) is 24.3 Å². The summed E-state index contributed by atoms with van der Waals surface area (Å²) in [5, 5.41) is 0. The highest BCUT2D eigenvalue weighted by Crippen LogP contribution is 2.31. The van der Waals surface area contributed by atoms with Gasteiger partial charge in [0.1, 0.15) is 0 Å². The van der Waals surface area contributed by atoms with Crippen LogP contribution in [0, 0.1) is 0 Å². The van der Waals surface area contributed by atoms with Crippen molar-refractivity contribution in [3.8, 4) is 11.5 Å². The normalized spacial score (nSPS) is 22.1. The Bertz CT molecular complexity index is 473. The summed E-state index contributed by atoms with van der Waals surface area (Å²) in [6.45, 7) is 14.2. The van der Waals surface area contributed by atoms with Gasteiger partial charge in [0.05, 0.1) is 0 Å². The van der Waals surface area contributed by atoms with Crippen LogP contribution in [0.5, 0.6) is 11.5 Å². The molecule has 2 unspecified atom stereocenters. The first-order chi connectivity index (χ1) is 13.2. The van der Waals surface area contributed by atoms with Gasteiger partial charge in [-0.2, -0.15) is 0 Å². The monoisotopic (exact) mass is 378 g/mol. The Balaban J connectivity index is 2.27. The van der Waals surface area contributed by atoms with Crippen LogP contribution in [-0.2, 0) is 4.74 Å². The van der Waals surface area contributed by atoms with E-state index in [1.165, 1.54) is 0 Å². The maximum atomic E-state index is 6.48. The second-order valence-corrected chi connectivity index (χ2v) is 6.93. The summed E-state index contributed by atoms with van der Waals surface area (Å²) in [5.74, 6) is 1.68. The van der Waals surface area contributed by atoms with Crippen LogP contribution in [0.1, 0.15) is 53.4 Å². The fraction of sp³-hybridized carbons (Fsp3) is 0.727. The largest absolute Gasteiger partial charge is 0.471 e. The Morgan fingerprint density at radius 2 is 1.15 bits per heavy atom. The second kappa shape index (κ2) is 12.2. The van der Waals surface area contributed by atoms with Gasteiger partial charge in [0.25, 0.3) is 0 Å². The molecule has 2 atom stereocenters. The zero-order valence-corrected chi connectivity index (χ0v) is 17.7. The second-order valence-electron chi connectivity index (χ2n) is 6.93. The molecule has 0 amide bonds. The van der Waals surface area contributed by atoms with Gasteiger partial charge in [0.2, 0.25) is 0 Å². The quantitative estimate of drug-likeness (QED) is 0.734. The number of hydrogen-bond donors (Lipinski definition) is 0. The number of nitrogens with zero attached hydrogens (tertiary/aromatic N) is 2. The lowest BCUT2D eigenvalue weighted by Gasteiger charge is -2.32. The van der Waals surface area contributed by atoms with E-state index in [1.54, 1.807) is 0 Å². The number of ether oxygens (including phenoxy) is 3. The van der Waals surface area contributed by atoms with Gasteiger partial charge in [-0.25, -0.2) is 0 Å². The maximum absolute atomic E-state index is 6.48. The Hall–Kier alpha value is -1.30. The molecule has 0 saturated heterocycles. The predicted octanol–water partition coefficient (Wildman–Crippen LogP) is 4.37. The van der Waals surface area contributed by atoms with Crippen LogP contribution in [0.2, 0.25) is 0 Å². The van der Waals surface area contributed by atoms with Crippen LogP contribution in [0.15, 0.2) is 24.3 Å². The molecule has 0 bridgehead atoms. The smallest absolute Gasteiger partial charge is 0.163 e. The van der Waals surface area contributed by atoms with E-state index in [-0.39, 0.29) is 12.5 Å². The van der Waals surface area contributed by atoms with E-state index in [4.69, 9.17) is 14.2 Å². The van der Waals surface area contributed by atoms with Crippen molar-refractivity contribution in [2.75, 3.05) is 39.4 Å². The Kier molecular flexibility index (Phi) is 9.95. The van der Waals surface area contributed by atoms with E-state index < -0.39 is 0 Å². The zero-order valence-electron chi connectivity index (χ0n) is 17.7. The number of rotatable bonds is 6. The lowest BCUT2D eigenvalue weighted by atomic mass is 10.2. The predicted molar refractivity (Wildman–Crippen MR) is 110 cm³/mol. The van der Waals surface area contributed by atoms with Gasteiger partial charge in [-0.3, -0.25) is 9.80 Å². The summed E-state index contributed by atoms with van der Waals surface area (Å²) < 4.78 is 18.8. The molecule has 0 radical (unpaired) electrons. The molecule has 0 N–H and O–H groups in total. The summed E-state index contributed by atoms with van der Waals surface area (Å²) in [7, 11) is 0. The average molecular weight is 379 g/mol. The summed E-state index contributed by atoms with van der Waals surface area (Å²) >= 11 is 0. The molecule has 0 spiro atoms. The van der Waals surface area contributed by atoms with Crippen molar-refractivity contribution in [3.63, 3.8) is 0 Å². The third-order valence-electron chi connectivity index (χ3n) is 5.29. The molecular weight excluding hydrogens is 340 g/mol. The van der Waals surface area contributed by atoms with E-state index in [0.717, 1.165) is 76.6 Å². The fourth-order valence-electron chi connectivity index (χ4n) is 3.65. The molecule has 1 aromatic carbocycles. The minimum atomic E-state index is 0.0426. The van der Waals surface area contributed by atoms with Gasteiger partial charge in [-0.05, 0) is 51.2 Å². The number of hydrogen-bond acceptors (Lipinski definition) is 5. The SMILES string of the molecule is CCN(CC)C1CCCOCCCC(N(CC)CC)Oc2ccccc2O1. The van der Waals surface area contributed by atoms with Crippen LogP contribution < -0.4 is 9.47 Å². The van der Waals surface area contributed by atoms with Crippen molar-refractivity contribution < 1.29 is 14.2 Å². The molecule has 2 rings (SSSR count). The highest BCUT2D eigenvalue weighted by atomic mass is 16.5. The molecule has 27 heavy (non-hydrogen) atoms. The van der Waals surface area contributed by atoms with E-state index in [0.29, 0.717) is 0 Å². The van der Waals surface area contributed by atoms with E-state index in [2.05, 4.69) is 37.5 Å². The zero-order chi connectivity index (χ0) is 19.5. The van der Waals surface area contributed by atoms with Crippen LogP contribution in [0.25, 0.3) is 0 Å². The van der Waals surface area contributed by atoms with E-state index >= 15 is 0 Å². The molecule has 1 heterocycles. The number of para-hydroxylation sites is 2. The molecule has 1 aromatic rings. The van der Waals surface area contributed by atoms with Crippen molar-refractivity contribution in [1.82, 2.24) is 9.80 Å². The van der Waals surface area contributed by atoms with Gasteiger partial charge >= 0.3 is 0 Å². The summed E-state index contributed by atoms with van der Waals surface area (Å²) in [6, 6.07) is 8.10. The lowest BCUT2D eigenvalue weighted by molar-refractivity contribution is 0.00563. The molecule has 0 aromatic heterocycles. The first-order valence-electron chi connectivity index (χ1n) is 10.7. The number of fused-ring (bicyclic) bond motifs is 1. The third kappa shape index (κ3) is 6.66. The van der Waals surface area contributed by atoms with Gasteiger partial charge in [-0.15, -0.1) is 0 Å². The van der Waals surface area contributed by atoms with Crippen LogP contribution in [-0.4, -0.2) is 61.6 Å². The van der Waals surface area contributed by atoms with Crippen molar-refractivity contribution in [2.24, 2.45) is 0 Å². The summed E-state index contributed by atoms with van der Waals surface area (Å²) in [6.07, 6.45) is 4.00. The summed E-state index contributed by atoms with van der Waals surface area (Å²) in [5.41, 5.74) is 0. The maximum Gasteiger partial charge on any atom is 0.163 e. The molecule has 0 aliphatic carbocycles. The first-order valence-corrected chi connectivity index (χ1v) is 10.7. The Morgan fingerprint density at radius 3 is 1.52 bits per heavy atom. The molecule has 5 heteroatoms. The standard InChI is InChI=1S/C22H38N2O3/c1-5-23(6-2)21-15-11-17-25-18-12-16-22(24(7-3)8-4)27-20-14-10-9-13-19(20)26-21/h9-10,13-14,21-22H,5-8,11-12,15-18H2,1-4H3. The molecule has 5 nitrogen and oxygen atoms in total. The van der Waals surface area contributed by atoms with Gasteiger partial charge in [-0.1, -0.05) is 39.8 Å². The van der Waals surface area contributed by atoms with Gasteiger partial charge in [0, 0.05) is 26.1 Å². The van der Waals surface area contributed by atoms with Crippen molar-refractivity contribution in [3.05, 3.63) is 24.3 Å².